The van der Waals surface area contributed by atoms with Crippen molar-refractivity contribution in [2.45, 2.75) is 64.4 Å². The second-order valence-corrected chi connectivity index (χ2v) is 6.41. The van der Waals surface area contributed by atoms with Gasteiger partial charge in [0.1, 0.15) is 0 Å². The number of aliphatic hydroxyl groups excluding tert-OH is 3. The smallest absolute Gasteiger partial charge is 0.305 e. The number of unbranched alkanes of at least 4 members (excludes halogenated alkanes) is 3. The highest BCUT2D eigenvalue weighted by molar-refractivity contribution is 5.68. The third kappa shape index (κ3) is 12.8. The summed E-state index contributed by atoms with van der Waals surface area (Å²) in [7, 11) is 1.38. The molecule has 146 valence electrons. The molecule has 25 heavy (non-hydrogen) atoms. The Kier molecular flexibility index (Phi) is 15.5. The monoisotopic (exact) mass is 356 g/mol. The summed E-state index contributed by atoms with van der Waals surface area (Å²) < 4.78 is 4.58. The van der Waals surface area contributed by atoms with E-state index in [1.807, 2.05) is 18.2 Å². The first-order valence-electron chi connectivity index (χ1n) is 9.38. The van der Waals surface area contributed by atoms with Crippen LogP contribution in [0.15, 0.2) is 24.3 Å². The third-order valence-corrected chi connectivity index (χ3v) is 4.32. The lowest BCUT2D eigenvalue weighted by Crippen LogP contribution is -2.20. The molecule has 0 aliphatic carbocycles. The predicted molar refractivity (Wildman–Crippen MR) is 100 cm³/mol. The molecule has 5 heteroatoms. The number of ether oxygens (including phenoxy) is 1. The van der Waals surface area contributed by atoms with E-state index in [1.165, 1.54) is 7.11 Å². The first-order chi connectivity index (χ1) is 12.1. The number of hydrogen-bond donors (Lipinski definition) is 3. The van der Waals surface area contributed by atoms with E-state index in [9.17, 15) is 20.1 Å². The Labute approximate surface area is 152 Å². The van der Waals surface area contributed by atoms with Crippen molar-refractivity contribution in [3.05, 3.63) is 24.3 Å². The van der Waals surface area contributed by atoms with Crippen molar-refractivity contribution < 1.29 is 24.9 Å². The van der Waals surface area contributed by atoms with Gasteiger partial charge in [0.15, 0.2) is 0 Å². The lowest BCUT2D eigenvalue weighted by Gasteiger charge is -2.20. The van der Waals surface area contributed by atoms with Crippen LogP contribution in [0.25, 0.3) is 0 Å². The Morgan fingerprint density at radius 1 is 1.08 bits per heavy atom. The third-order valence-electron chi connectivity index (χ3n) is 4.32. The molecule has 0 spiro atoms. The highest BCUT2D eigenvalue weighted by atomic mass is 16.5. The summed E-state index contributed by atoms with van der Waals surface area (Å²) in [5.41, 5.74) is 0. The second kappa shape index (κ2) is 16.3. The van der Waals surface area contributed by atoms with Gasteiger partial charge < -0.3 is 20.1 Å². The fourth-order valence-corrected chi connectivity index (χ4v) is 2.58. The Morgan fingerprint density at radius 2 is 1.84 bits per heavy atom. The number of aliphatic hydroxyl groups is 3. The van der Waals surface area contributed by atoms with Gasteiger partial charge in [-0.05, 0) is 31.6 Å². The van der Waals surface area contributed by atoms with Gasteiger partial charge in [-0.3, -0.25) is 4.79 Å². The predicted octanol–water partition coefficient (Wildman–Crippen LogP) is 2.99. The highest BCUT2D eigenvalue weighted by Gasteiger charge is 2.16. The molecule has 0 aromatic rings. The summed E-state index contributed by atoms with van der Waals surface area (Å²) in [5, 5.41) is 29.1. The van der Waals surface area contributed by atoms with E-state index >= 15 is 0 Å². The van der Waals surface area contributed by atoms with Gasteiger partial charge in [-0.15, -0.1) is 0 Å². The molecule has 5 nitrogen and oxygen atoms in total. The molecule has 3 N–H and O–H groups in total. The average molecular weight is 357 g/mol. The molecule has 0 aliphatic heterocycles. The van der Waals surface area contributed by atoms with Crippen LogP contribution in [0.1, 0.15) is 58.3 Å². The minimum absolute atomic E-state index is 0.0198. The lowest BCUT2D eigenvalue weighted by atomic mass is 9.89. The first-order valence-corrected chi connectivity index (χ1v) is 9.38. The van der Waals surface area contributed by atoms with Crippen molar-refractivity contribution >= 4 is 5.97 Å². The van der Waals surface area contributed by atoms with Crippen LogP contribution >= 0.6 is 0 Å². The minimum Gasteiger partial charge on any atom is -0.469 e. The molecule has 0 aromatic carbocycles. The maximum atomic E-state index is 11.0. The number of carbonyl (C=O) groups excluding carboxylic acids is 1. The maximum absolute atomic E-state index is 11.0. The molecule has 0 radical (unpaired) electrons. The zero-order chi connectivity index (χ0) is 18.9. The standard InChI is InChI=1S/C20H36O5/c1-3-4-7-11-19(23)14-13-18(16-22)17(15-21)10-8-5-6-9-12-20(24)25-2/h5,8,13-14,17-19,21-23H,3-4,6-7,9-12,15-16H2,1-2H3. The van der Waals surface area contributed by atoms with Gasteiger partial charge in [0.05, 0.1) is 13.2 Å². The molecule has 0 saturated carbocycles. The normalized spacial score (nSPS) is 15.6. The van der Waals surface area contributed by atoms with Crippen LogP contribution in [-0.2, 0) is 9.53 Å². The summed E-state index contributed by atoms with van der Waals surface area (Å²) in [6.45, 7) is 2.05. The summed E-state index contributed by atoms with van der Waals surface area (Å²) in [5.74, 6) is -0.462. The molecule has 3 unspecified atom stereocenters. The number of allylic oxidation sites excluding steroid dienone is 2. The Hall–Kier alpha value is -1.17. The number of rotatable bonds is 15. The summed E-state index contributed by atoms with van der Waals surface area (Å²) in [4.78, 5) is 11.0. The van der Waals surface area contributed by atoms with Crippen molar-refractivity contribution in [2.24, 2.45) is 11.8 Å². The zero-order valence-electron chi connectivity index (χ0n) is 15.8. The zero-order valence-corrected chi connectivity index (χ0v) is 15.8. The molecule has 0 amide bonds. The topological polar surface area (TPSA) is 87.0 Å². The minimum atomic E-state index is -0.492. The van der Waals surface area contributed by atoms with Crippen molar-refractivity contribution in [3.63, 3.8) is 0 Å². The van der Waals surface area contributed by atoms with Crippen molar-refractivity contribution in [1.29, 1.82) is 0 Å². The molecule has 0 saturated heterocycles. The summed E-state index contributed by atoms with van der Waals surface area (Å²) in [6, 6.07) is 0. The van der Waals surface area contributed by atoms with Gasteiger partial charge in [-0.25, -0.2) is 0 Å². The number of hydrogen-bond acceptors (Lipinski definition) is 5. The molecule has 3 atom stereocenters. The SMILES string of the molecule is CCCCCC(O)C=CC(CO)C(CO)CC=CCCCC(=O)OC. The number of methoxy groups -OCH3 is 1. The van der Waals surface area contributed by atoms with Gasteiger partial charge >= 0.3 is 5.97 Å². The molecular weight excluding hydrogens is 320 g/mol. The average Bonchev–Trinajstić information content (AvgIpc) is 2.62. The fraction of sp³-hybridized carbons (Fsp3) is 0.750. The molecule has 0 aliphatic rings. The maximum Gasteiger partial charge on any atom is 0.305 e. The second-order valence-electron chi connectivity index (χ2n) is 6.41. The molecular formula is C20H36O5. The van der Waals surface area contributed by atoms with E-state index in [4.69, 9.17) is 0 Å². The Morgan fingerprint density at radius 3 is 2.44 bits per heavy atom. The van der Waals surface area contributed by atoms with E-state index in [2.05, 4.69) is 11.7 Å². The van der Waals surface area contributed by atoms with Crippen LogP contribution < -0.4 is 0 Å². The molecule has 0 fully saturated rings. The molecule has 0 rings (SSSR count). The van der Waals surface area contributed by atoms with E-state index in [0.29, 0.717) is 12.8 Å². The van der Waals surface area contributed by atoms with Crippen LogP contribution in [0.5, 0.6) is 0 Å². The van der Waals surface area contributed by atoms with E-state index in [1.54, 1.807) is 6.08 Å². The Balaban J connectivity index is 4.25. The van der Waals surface area contributed by atoms with Crippen LogP contribution in [0.3, 0.4) is 0 Å². The van der Waals surface area contributed by atoms with Gasteiger partial charge in [0.2, 0.25) is 0 Å². The van der Waals surface area contributed by atoms with Crippen LogP contribution in [0, 0.1) is 11.8 Å². The molecule has 0 heterocycles. The van der Waals surface area contributed by atoms with Crippen LogP contribution in [0.4, 0.5) is 0 Å². The van der Waals surface area contributed by atoms with Gasteiger partial charge in [0.25, 0.3) is 0 Å². The van der Waals surface area contributed by atoms with Crippen molar-refractivity contribution in [2.75, 3.05) is 20.3 Å². The van der Waals surface area contributed by atoms with Crippen molar-refractivity contribution in [3.8, 4) is 0 Å². The van der Waals surface area contributed by atoms with E-state index in [-0.39, 0.29) is 31.0 Å². The van der Waals surface area contributed by atoms with Gasteiger partial charge in [0, 0.05) is 25.6 Å². The van der Waals surface area contributed by atoms with Gasteiger partial charge in [-0.1, -0.05) is 50.5 Å². The number of esters is 1. The van der Waals surface area contributed by atoms with Crippen LogP contribution in [0.2, 0.25) is 0 Å². The quantitative estimate of drug-likeness (QED) is 0.238. The van der Waals surface area contributed by atoms with Gasteiger partial charge in [-0.2, -0.15) is 0 Å². The lowest BCUT2D eigenvalue weighted by molar-refractivity contribution is -0.140. The first kappa shape index (κ1) is 23.8. The number of carbonyl (C=O) groups is 1. The fourth-order valence-electron chi connectivity index (χ4n) is 2.58. The molecule has 0 bridgehead atoms. The summed E-state index contributed by atoms with van der Waals surface area (Å²) in [6.07, 6.45) is 13.5. The van der Waals surface area contributed by atoms with Crippen LogP contribution in [-0.4, -0.2) is 47.7 Å². The van der Waals surface area contributed by atoms with E-state index in [0.717, 1.165) is 38.5 Å². The summed E-state index contributed by atoms with van der Waals surface area (Å²) >= 11 is 0. The van der Waals surface area contributed by atoms with Crippen molar-refractivity contribution in [1.82, 2.24) is 0 Å². The highest BCUT2D eigenvalue weighted by Crippen LogP contribution is 2.19. The Bertz CT molecular complexity index is 378. The largest absolute Gasteiger partial charge is 0.469 e. The molecule has 0 aromatic heterocycles. The van der Waals surface area contributed by atoms with E-state index < -0.39 is 6.10 Å².